The molecule has 4 nitrogen and oxygen atoms in total. The number of benzene rings is 1. The summed E-state index contributed by atoms with van der Waals surface area (Å²) in [4.78, 5) is 3.50. The minimum Gasteiger partial charge on any atom is -0.277 e. The summed E-state index contributed by atoms with van der Waals surface area (Å²) in [7, 11) is -4.16. The third-order valence-corrected chi connectivity index (χ3v) is 4.29. The van der Waals surface area contributed by atoms with Crippen LogP contribution in [-0.4, -0.2) is 13.4 Å². The highest BCUT2D eigenvalue weighted by Crippen LogP contribution is 2.31. The first-order chi connectivity index (χ1) is 8.92. The molecule has 0 unspecified atom stereocenters. The van der Waals surface area contributed by atoms with E-state index in [4.69, 9.17) is 23.2 Å². The van der Waals surface area contributed by atoms with Gasteiger partial charge < -0.3 is 0 Å². The molecule has 0 bridgehead atoms. The molecular formula is C11H7Cl2FN2O2S. The van der Waals surface area contributed by atoms with E-state index in [1.807, 2.05) is 0 Å². The molecule has 1 heterocycles. The summed E-state index contributed by atoms with van der Waals surface area (Å²) in [5.41, 5.74) is 0.0548. The minimum absolute atomic E-state index is 0.0316. The largest absolute Gasteiger partial charge is 0.282 e. The molecular weight excluding hydrogens is 314 g/mol. The summed E-state index contributed by atoms with van der Waals surface area (Å²) < 4.78 is 39.5. The van der Waals surface area contributed by atoms with E-state index in [1.165, 1.54) is 30.5 Å². The standard InChI is InChI=1S/C11H7Cl2FN2O2S/c12-7-3-1-5-9(10(7)13)16-19(17,18)11-8(14)4-2-6-15-11/h1-6,16H. The van der Waals surface area contributed by atoms with Crippen molar-refractivity contribution in [3.8, 4) is 0 Å². The molecule has 1 aromatic carbocycles. The van der Waals surface area contributed by atoms with Crippen LogP contribution < -0.4 is 4.72 Å². The van der Waals surface area contributed by atoms with Gasteiger partial charge in [0.1, 0.15) is 0 Å². The van der Waals surface area contributed by atoms with Gasteiger partial charge in [-0.05, 0) is 24.3 Å². The van der Waals surface area contributed by atoms with Gasteiger partial charge in [-0.3, -0.25) is 4.72 Å². The van der Waals surface area contributed by atoms with Gasteiger partial charge in [-0.2, -0.15) is 8.42 Å². The van der Waals surface area contributed by atoms with E-state index < -0.39 is 20.9 Å². The Hall–Kier alpha value is -1.37. The number of nitrogens with one attached hydrogen (secondary N) is 1. The molecule has 0 saturated heterocycles. The van der Waals surface area contributed by atoms with Crippen molar-refractivity contribution >= 4 is 38.9 Å². The Morgan fingerprint density at radius 3 is 2.58 bits per heavy atom. The maximum absolute atomic E-state index is 13.4. The molecule has 0 aliphatic heterocycles. The lowest BCUT2D eigenvalue weighted by molar-refractivity contribution is 0.557. The van der Waals surface area contributed by atoms with E-state index in [1.54, 1.807) is 0 Å². The molecule has 100 valence electrons. The summed E-state index contributed by atoms with van der Waals surface area (Å²) in [6, 6.07) is 6.72. The fraction of sp³-hybridized carbons (Fsp3) is 0. The summed E-state index contributed by atoms with van der Waals surface area (Å²) >= 11 is 11.6. The lowest BCUT2D eigenvalue weighted by Gasteiger charge is -2.09. The third kappa shape index (κ3) is 2.97. The maximum atomic E-state index is 13.4. The zero-order valence-electron chi connectivity index (χ0n) is 9.27. The normalized spacial score (nSPS) is 11.3. The van der Waals surface area contributed by atoms with Gasteiger partial charge in [0.15, 0.2) is 5.82 Å². The number of halogens is 3. The van der Waals surface area contributed by atoms with Gasteiger partial charge in [0.25, 0.3) is 10.0 Å². The third-order valence-electron chi connectivity index (χ3n) is 2.18. The molecule has 0 aliphatic rings. The molecule has 1 N–H and O–H groups in total. The van der Waals surface area contributed by atoms with Gasteiger partial charge in [-0.1, -0.05) is 29.3 Å². The van der Waals surface area contributed by atoms with E-state index in [9.17, 15) is 12.8 Å². The number of pyridine rings is 1. The molecule has 0 saturated carbocycles. The van der Waals surface area contributed by atoms with Crippen molar-refractivity contribution in [3.63, 3.8) is 0 Å². The van der Waals surface area contributed by atoms with Crippen molar-refractivity contribution in [1.82, 2.24) is 4.98 Å². The molecule has 8 heteroatoms. The first-order valence-corrected chi connectivity index (χ1v) is 7.23. The highest BCUT2D eigenvalue weighted by atomic mass is 35.5. The fourth-order valence-electron chi connectivity index (χ4n) is 1.34. The minimum atomic E-state index is -4.16. The van der Waals surface area contributed by atoms with E-state index in [-0.39, 0.29) is 15.7 Å². The average molecular weight is 321 g/mol. The van der Waals surface area contributed by atoms with Crippen LogP contribution in [0.5, 0.6) is 0 Å². The summed E-state index contributed by atoms with van der Waals surface area (Å²) in [5.74, 6) is -0.951. The fourth-order valence-corrected chi connectivity index (χ4v) is 2.83. The second kappa shape index (κ2) is 5.32. The second-order valence-electron chi connectivity index (χ2n) is 3.50. The Morgan fingerprint density at radius 1 is 1.16 bits per heavy atom. The second-order valence-corrected chi connectivity index (χ2v) is 5.88. The van der Waals surface area contributed by atoms with Crippen molar-refractivity contribution in [2.45, 2.75) is 5.03 Å². The van der Waals surface area contributed by atoms with Crippen molar-refractivity contribution in [1.29, 1.82) is 0 Å². The van der Waals surface area contributed by atoms with Gasteiger partial charge >= 0.3 is 0 Å². The SMILES string of the molecule is O=S(=O)(Nc1cccc(Cl)c1Cl)c1ncccc1F. The van der Waals surface area contributed by atoms with Gasteiger partial charge in [0.05, 0.1) is 15.7 Å². The summed E-state index contributed by atoms with van der Waals surface area (Å²) in [5, 5.41) is -0.488. The van der Waals surface area contributed by atoms with Crippen LogP contribution >= 0.6 is 23.2 Å². The number of hydrogen-bond acceptors (Lipinski definition) is 3. The topological polar surface area (TPSA) is 59.1 Å². The highest BCUT2D eigenvalue weighted by molar-refractivity contribution is 7.92. The van der Waals surface area contributed by atoms with Crippen LogP contribution in [0.1, 0.15) is 0 Å². The zero-order chi connectivity index (χ0) is 14.0. The number of rotatable bonds is 3. The first-order valence-electron chi connectivity index (χ1n) is 4.99. The van der Waals surface area contributed by atoms with Gasteiger partial charge in [-0.15, -0.1) is 0 Å². The Kier molecular flexibility index (Phi) is 3.93. The van der Waals surface area contributed by atoms with E-state index >= 15 is 0 Å². The van der Waals surface area contributed by atoms with E-state index in [2.05, 4.69) is 9.71 Å². The lowest BCUT2D eigenvalue weighted by Crippen LogP contribution is -2.16. The van der Waals surface area contributed by atoms with Crippen LogP contribution in [0.4, 0.5) is 10.1 Å². The molecule has 0 amide bonds. The van der Waals surface area contributed by atoms with E-state index in [0.29, 0.717) is 0 Å². The molecule has 2 aromatic rings. The van der Waals surface area contributed by atoms with Crippen LogP contribution in [0.2, 0.25) is 10.0 Å². The first kappa shape index (κ1) is 14.0. The van der Waals surface area contributed by atoms with Crippen molar-refractivity contribution in [2.24, 2.45) is 0 Å². The number of anilines is 1. The molecule has 0 radical (unpaired) electrons. The van der Waals surface area contributed by atoms with Crippen molar-refractivity contribution < 1.29 is 12.8 Å². The molecule has 0 spiro atoms. The quantitative estimate of drug-likeness (QED) is 0.943. The Labute approximate surface area is 119 Å². The molecule has 1 aromatic heterocycles. The van der Waals surface area contributed by atoms with Gasteiger partial charge in [0, 0.05) is 6.20 Å². The molecule has 0 fully saturated rings. The highest BCUT2D eigenvalue weighted by Gasteiger charge is 2.21. The van der Waals surface area contributed by atoms with E-state index in [0.717, 1.165) is 6.07 Å². The predicted molar refractivity (Wildman–Crippen MR) is 71.5 cm³/mol. The van der Waals surface area contributed by atoms with Crippen LogP contribution in [0.25, 0.3) is 0 Å². The summed E-state index contributed by atoms with van der Waals surface area (Å²) in [6.07, 6.45) is 1.18. The smallest absolute Gasteiger partial charge is 0.277 e. The van der Waals surface area contributed by atoms with Crippen LogP contribution in [0.15, 0.2) is 41.6 Å². The van der Waals surface area contributed by atoms with Crippen LogP contribution in [-0.2, 0) is 10.0 Å². The molecule has 0 aliphatic carbocycles. The number of sulfonamides is 1. The molecule has 19 heavy (non-hydrogen) atoms. The van der Waals surface area contributed by atoms with Crippen LogP contribution in [0, 0.1) is 5.82 Å². The average Bonchev–Trinajstić information content (AvgIpc) is 2.35. The maximum Gasteiger partial charge on any atom is 0.282 e. The van der Waals surface area contributed by atoms with Crippen molar-refractivity contribution in [3.05, 3.63) is 52.4 Å². The number of aromatic nitrogens is 1. The Bertz CT molecular complexity index is 722. The predicted octanol–water partition coefficient (Wildman–Crippen LogP) is 3.33. The van der Waals surface area contributed by atoms with Gasteiger partial charge in [-0.25, -0.2) is 9.37 Å². The van der Waals surface area contributed by atoms with Crippen LogP contribution in [0.3, 0.4) is 0 Å². The zero-order valence-corrected chi connectivity index (χ0v) is 11.6. The monoisotopic (exact) mass is 320 g/mol. The lowest BCUT2D eigenvalue weighted by atomic mass is 10.3. The Morgan fingerprint density at radius 2 is 1.89 bits per heavy atom. The number of hydrogen-bond donors (Lipinski definition) is 1. The molecule has 0 atom stereocenters. The number of nitrogens with zero attached hydrogens (tertiary/aromatic N) is 1. The van der Waals surface area contributed by atoms with Crippen molar-refractivity contribution in [2.75, 3.05) is 4.72 Å². The van der Waals surface area contributed by atoms with Gasteiger partial charge in [0.2, 0.25) is 5.03 Å². The summed E-state index contributed by atoms with van der Waals surface area (Å²) in [6.45, 7) is 0. The Balaban J connectivity index is 2.43. The molecule has 2 rings (SSSR count).